The molecule has 0 aromatic heterocycles. The largest absolute Gasteiger partial charge is 0.465 e. The van der Waals surface area contributed by atoms with Crippen LogP contribution in [0.3, 0.4) is 0 Å². The highest BCUT2D eigenvalue weighted by molar-refractivity contribution is 5.69. The number of rotatable bonds is 6. The van der Waals surface area contributed by atoms with Gasteiger partial charge < -0.3 is 9.84 Å². The maximum Gasteiger partial charge on any atom is 0.306 e. The van der Waals surface area contributed by atoms with Crippen molar-refractivity contribution in [1.29, 1.82) is 0 Å². The maximum absolute atomic E-state index is 11.8. The van der Waals surface area contributed by atoms with Crippen LogP contribution in [-0.4, -0.2) is 23.8 Å². The summed E-state index contributed by atoms with van der Waals surface area (Å²) >= 11 is 0. The van der Waals surface area contributed by atoms with E-state index in [-0.39, 0.29) is 12.1 Å². The third kappa shape index (κ3) is 5.94. The summed E-state index contributed by atoms with van der Waals surface area (Å²) in [5.74, 6) is 1.76. The Morgan fingerprint density at radius 2 is 1.95 bits per heavy atom. The molecule has 0 aromatic rings. The summed E-state index contributed by atoms with van der Waals surface area (Å²) < 4.78 is 5.38. The van der Waals surface area contributed by atoms with E-state index in [9.17, 15) is 9.90 Å². The van der Waals surface area contributed by atoms with Crippen molar-refractivity contribution < 1.29 is 14.6 Å². The Bertz CT molecular complexity index is 275. The molecule has 3 nitrogen and oxygen atoms in total. The standard InChI is InChI=1S/C16H30O3/c1-11(2)13(4)12(3)8-16(18)19-10-14-6-5-7-15(17)9-14/h11-15,17H,5-10H2,1-4H3. The van der Waals surface area contributed by atoms with E-state index in [4.69, 9.17) is 4.74 Å². The molecule has 4 unspecified atom stereocenters. The number of ether oxygens (including phenoxy) is 1. The highest BCUT2D eigenvalue weighted by Crippen LogP contribution is 2.26. The fraction of sp³-hybridized carbons (Fsp3) is 0.938. The minimum absolute atomic E-state index is 0.0833. The lowest BCUT2D eigenvalue weighted by atomic mass is 9.84. The summed E-state index contributed by atoms with van der Waals surface area (Å²) in [5, 5.41) is 9.58. The van der Waals surface area contributed by atoms with Crippen molar-refractivity contribution in [3.8, 4) is 0 Å². The lowest BCUT2D eigenvalue weighted by Gasteiger charge is -2.26. The van der Waals surface area contributed by atoms with Crippen LogP contribution in [0, 0.1) is 23.7 Å². The third-order valence-corrected chi connectivity index (χ3v) is 4.67. The summed E-state index contributed by atoms with van der Waals surface area (Å²) in [5.41, 5.74) is 0. The predicted octanol–water partition coefficient (Wildman–Crippen LogP) is 3.40. The molecule has 1 aliphatic carbocycles. The van der Waals surface area contributed by atoms with Crippen LogP contribution in [0.25, 0.3) is 0 Å². The number of hydrogen-bond donors (Lipinski definition) is 1. The molecule has 3 heteroatoms. The van der Waals surface area contributed by atoms with Crippen LogP contribution in [0.1, 0.15) is 59.8 Å². The van der Waals surface area contributed by atoms with Gasteiger partial charge in [-0.1, -0.05) is 34.1 Å². The molecule has 0 saturated heterocycles. The molecule has 0 aromatic carbocycles. The lowest BCUT2D eigenvalue weighted by Crippen LogP contribution is -2.25. The molecule has 19 heavy (non-hydrogen) atoms. The molecular weight excluding hydrogens is 240 g/mol. The van der Waals surface area contributed by atoms with Gasteiger partial charge in [-0.15, -0.1) is 0 Å². The Morgan fingerprint density at radius 3 is 2.53 bits per heavy atom. The fourth-order valence-corrected chi connectivity index (χ4v) is 2.79. The van der Waals surface area contributed by atoms with E-state index in [2.05, 4.69) is 27.7 Å². The zero-order chi connectivity index (χ0) is 14.4. The van der Waals surface area contributed by atoms with Crippen LogP contribution in [0.15, 0.2) is 0 Å². The first-order valence-electron chi connectivity index (χ1n) is 7.73. The van der Waals surface area contributed by atoms with E-state index < -0.39 is 0 Å². The molecule has 112 valence electrons. The molecular formula is C16H30O3. The number of esters is 1. The summed E-state index contributed by atoms with van der Waals surface area (Å²) in [6.07, 6.45) is 4.11. The van der Waals surface area contributed by atoms with Crippen LogP contribution in [-0.2, 0) is 9.53 Å². The van der Waals surface area contributed by atoms with Crippen LogP contribution in [0.5, 0.6) is 0 Å². The minimum Gasteiger partial charge on any atom is -0.465 e. The monoisotopic (exact) mass is 270 g/mol. The summed E-state index contributed by atoms with van der Waals surface area (Å²) in [6, 6.07) is 0. The molecule has 1 rings (SSSR count). The summed E-state index contributed by atoms with van der Waals surface area (Å²) in [6.45, 7) is 9.18. The predicted molar refractivity (Wildman–Crippen MR) is 76.7 cm³/mol. The highest BCUT2D eigenvalue weighted by atomic mass is 16.5. The second-order valence-electron chi connectivity index (χ2n) is 6.65. The van der Waals surface area contributed by atoms with Gasteiger partial charge in [0.25, 0.3) is 0 Å². The first-order valence-corrected chi connectivity index (χ1v) is 7.73. The number of aliphatic hydroxyl groups excluding tert-OH is 1. The van der Waals surface area contributed by atoms with Crippen LogP contribution < -0.4 is 0 Å². The van der Waals surface area contributed by atoms with Gasteiger partial charge in [-0.25, -0.2) is 0 Å². The third-order valence-electron chi connectivity index (χ3n) is 4.67. The molecule has 0 radical (unpaired) electrons. The van der Waals surface area contributed by atoms with Gasteiger partial charge >= 0.3 is 5.97 Å². The van der Waals surface area contributed by atoms with Crippen molar-refractivity contribution in [2.45, 2.75) is 65.9 Å². The van der Waals surface area contributed by atoms with Crippen molar-refractivity contribution in [2.75, 3.05) is 6.61 Å². The van der Waals surface area contributed by atoms with E-state index in [0.717, 1.165) is 25.7 Å². The van der Waals surface area contributed by atoms with Crippen LogP contribution >= 0.6 is 0 Å². The van der Waals surface area contributed by atoms with E-state index >= 15 is 0 Å². The molecule has 0 spiro atoms. The summed E-state index contributed by atoms with van der Waals surface area (Å²) in [4.78, 5) is 11.8. The number of carbonyl (C=O) groups excluding carboxylic acids is 1. The average Bonchev–Trinajstić information content (AvgIpc) is 2.35. The average molecular weight is 270 g/mol. The molecule has 0 heterocycles. The number of hydrogen-bond acceptors (Lipinski definition) is 3. The van der Waals surface area contributed by atoms with Gasteiger partial charge in [-0.05, 0) is 42.9 Å². The topological polar surface area (TPSA) is 46.5 Å². The minimum atomic E-state index is -0.197. The van der Waals surface area contributed by atoms with Gasteiger partial charge in [0.05, 0.1) is 12.7 Å². The SMILES string of the molecule is CC(C)C(C)C(C)CC(=O)OCC1CCCC(O)C1. The Labute approximate surface area is 117 Å². The highest BCUT2D eigenvalue weighted by Gasteiger charge is 2.23. The Morgan fingerprint density at radius 1 is 1.26 bits per heavy atom. The molecule has 0 bridgehead atoms. The van der Waals surface area contributed by atoms with E-state index in [0.29, 0.717) is 36.7 Å². The first-order chi connectivity index (χ1) is 8.90. The smallest absolute Gasteiger partial charge is 0.306 e. The molecule has 1 fully saturated rings. The van der Waals surface area contributed by atoms with Gasteiger partial charge in [0.15, 0.2) is 0 Å². The Kier molecular flexibility index (Phi) is 6.84. The molecule has 0 aliphatic heterocycles. The molecule has 1 saturated carbocycles. The molecule has 1 N–H and O–H groups in total. The van der Waals surface area contributed by atoms with Gasteiger partial charge in [0.1, 0.15) is 0 Å². The normalized spacial score (nSPS) is 27.1. The fourth-order valence-electron chi connectivity index (χ4n) is 2.79. The van der Waals surface area contributed by atoms with Crippen molar-refractivity contribution in [3.63, 3.8) is 0 Å². The van der Waals surface area contributed by atoms with Crippen molar-refractivity contribution in [1.82, 2.24) is 0 Å². The lowest BCUT2D eigenvalue weighted by molar-refractivity contribution is -0.147. The molecule has 4 atom stereocenters. The van der Waals surface area contributed by atoms with Crippen molar-refractivity contribution in [2.24, 2.45) is 23.7 Å². The first kappa shape index (κ1) is 16.5. The second kappa shape index (κ2) is 7.88. The van der Waals surface area contributed by atoms with Gasteiger partial charge in [0, 0.05) is 6.42 Å². The van der Waals surface area contributed by atoms with E-state index in [1.54, 1.807) is 0 Å². The number of aliphatic hydroxyl groups is 1. The van der Waals surface area contributed by atoms with Gasteiger partial charge in [0.2, 0.25) is 0 Å². The van der Waals surface area contributed by atoms with Gasteiger partial charge in [-0.3, -0.25) is 4.79 Å². The second-order valence-corrected chi connectivity index (χ2v) is 6.65. The van der Waals surface area contributed by atoms with E-state index in [1.165, 1.54) is 0 Å². The summed E-state index contributed by atoms with van der Waals surface area (Å²) in [7, 11) is 0. The molecule has 1 aliphatic rings. The van der Waals surface area contributed by atoms with Gasteiger partial charge in [-0.2, -0.15) is 0 Å². The van der Waals surface area contributed by atoms with Crippen molar-refractivity contribution >= 4 is 5.97 Å². The van der Waals surface area contributed by atoms with E-state index in [1.807, 2.05) is 0 Å². The van der Waals surface area contributed by atoms with Crippen LogP contribution in [0.4, 0.5) is 0 Å². The zero-order valence-corrected chi connectivity index (χ0v) is 12.9. The Hall–Kier alpha value is -0.570. The Balaban J connectivity index is 2.24. The zero-order valence-electron chi connectivity index (χ0n) is 12.9. The van der Waals surface area contributed by atoms with Crippen LogP contribution in [0.2, 0.25) is 0 Å². The van der Waals surface area contributed by atoms with Crippen molar-refractivity contribution in [3.05, 3.63) is 0 Å². The quantitative estimate of drug-likeness (QED) is 0.752. The number of carbonyl (C=O) groups is 1. The molecule has 0 amide bonds. The maximum atomic E-state index is 11.8.